The summed E-state index contributed by atoms with van der Waals surface area (Å²) in [5.41, 5.74) is -0.458. The molecule has 0 atom stereocenters. The maximum atomic E-state index is 10.6. The average molecular weight is 201 g/mol. The van der Waals surface area contributed by atoms with Gasteiger partial charge in [-0.2, -0.15) is 0 Å². The van der Waals surface area contributed by atoms with Crippen molar-refractivity contribution in [2.45, 2.75) is 19.4 Å². The Labute approximate surface area is 83.0 Å². The van der Waals surface area contributed by atoms with Crippen molar-refractivity contribution in [3.05, 3.63) is 12.5 Å². The smallest absolute Gasteiger partial charge is 0.480 e. The molecule has 0 unspecified atom stereocenters. The molecule has 1 rings (SSSR count). The van der Waals surface area contributed by atoms with E-state index in [0.717, 1.165) is 0 Å². The second kappa shape index (κ2) is 4.21. The molecule has 1 aliphatic rings. The molecule has 1 fully saturated rings. The zero-order chi connectivity index (χ0) is 10.6. The second-order valence-corrected chi connectivity index (χ2v) is 3.37. The SMILES string of the molecule is C=C(NC1(C)COC(=O)OC1)OCC. The molecule has 0 aromatic rings. The zero-order valence-corrected chi connectivity index (χ0v) is 8.46. The van der Waals surface area contributed by atoms with Gasteiger partial charge in [-0.3, -0.25) is 0 Å². The van der Waals surface area contributed by atoms with Gasteiger partial charge >= 0.3 is 6.16 Å². The van der Waals surface area contributed by atoms with Crippen molar-refractivity contribution in [2.24, 2.45) is 0 Å². The van der Waals surface area contributed by atoms with Crippen molar-refractivity contribution in [2.75, 3.05) is 19.8 Å². The number of carbonyl (C=O) groups is 1. The van der Waals surface area contributed by atoms with Crippen molar-refractivity contribution in [1.82, 2.24) is 5.32 Å². The van der Waals surface area contributed by atoms with Crippen LogP contribution in [-0.4, -0.2) is 31.5 Å². The van der Waals surface area contributed by atoms with E-state index in [1.165, 1.54) is 0 Å². The third-order valence-electron chi connectivity index (χ3n) is 1.78. The van der Waals surface area contributed by atoms with Crippen LogP contribution in [0, 0.1) is 0 Å². The Morgan fingerprint density at radius 2 is 2.21 bits per heavy atom. The van der Waals surface area contributed by atoms with E-state index < -0.39 is 11.7 Å². The van der Waals surface area contributed by atoms with E-state index >= 15 is 0 Å². The maximum Gasteiger partial charge on any atom is 0.508 e. The number of rotatable bonds is 4. The zero-order valence-electron chi connectivity index (χ0n) is 8.46. The first kappa shape index (κ1) is 10.7. The van der Waals surface area contributed by atoms with Crippen molar-refractivity contribution in [1.29, 1.82) is 0 Å². The highest BCUT2D eigenvalue weighted by Crippen LogP contribution is 2.13. The van der Waals surface area contributed by atoms with Crippen molar-refractivity contribution < 1.29 is 19.0 Å². The molecular weight excluding hydrogens is 186 g/mol. The molecule has 1 saturated heterocycles. The molecule has 1 heterocycles. The first-order valence-electron chi connectivity index (χ1n) is 4.45. The summed E-state index contributed by atoms with van der Waals surface area (Å²) >= 11 is 0. The Morgan fingerprint density at radius 3 is 2.71 bits per heavy atom. The second-order valence-electron chi connectivity index (χ2n) is 3.37. The standard InChI is InChI=1S/C9H15NO4/c1-4-12-7(2)10-9(3)5-13-8(11)14-6-9/h10H,2,4-6H2,1,3H3. The minimum absolute atomic E-state index is 0.248. The van der Waals surface area contributed by atoms with Gasteiger partial charge in [0.2, 0.25) is 0 Å². The quantitative estimate of drug-likeness (QED) is 0.543. The monoisotopic (exact) mass is 201 g/mol. The fourth-order valence-electron chi connectivity index (χ4n) is 1.14. The highest BCUT2D eigenvalue weighted by Gasteiger charge is 2.33. The normalized spacial score (nSPS) is 19.1. The van der Waals surface area contributed by atoms with Crippen molar-refractivity contribution in [3.63, 3.8) is 0 Å². The molecule has 5 nitrogen and oxygen atoms in total. The van der Waals surface area contributed by atoms with Gasteiger partial charge in [-0.15, -0.1) is 0 Å². The highest BCUT2D eigenvalue weighted by atomic mass is 16.7. The number of ether oxygens (including phenoxy) is 3. The summed E-state index contributed by atoms with van der Waals surface area (Å²) < 4.78 is 14.6. The summed E-state index contributed by atoms with van der Waals surface area (Å²) in [6.45, 7) is 8.45. The number of hydrogen-bond donors (Lipinski definition) is 1. The van der Waals surface area contributed by atoms with Gasteiger partial charge in [0.05, 0.1) is 6.61 Å². The van der Waals surface area contributed by atoms with Gasteiger partial charge < -0.3 is 19.5 Å². The summed E-state index contributed by atoms with van der Waals surface area (Å²) in [6.07, 6.45) is -0.633. The predicted octanol–water partition coefficient (Wildman–Crippen LogP) is 1.01. The van der Waals surface area contributed by atoms with Crippen LogP contribution in [0.5, 0.6) is 0 Å². The van der Waals surface area contributed by atoms with Crippen LogP contribution < -0.4 is 5.32 Å². The van der Waals surface area contributed by atoms with Crippen molar-refractivity contribution in [3.8, 4) is 0 Å². The maximum absolute atomic E-state index is 10.6. The van der Waals surface area contributed by atoms with Crippen LogP contribution in [-0.2, 0) is 14.2 Å². The van der Waals surface area contributed by atoms with Gasteiger partial charge in [0.1, 0.15) is 18.8 Å². The molecule has 80 valence electrons. The van der Waals surface area contributed by atoms with Crippen LogP contribution in [0.25, 0.3) is 0 Å². The molecular formula is C9H15NO4. The summed E-state index contributed by atoms with van der Waals surface area (Å²) in [4.78, 5) is 10.6. The number of cyclic esters (lactones) is 2. The van der Waals surface area contributed by atoms with Gasteiger partial charge in [0, 0.05) is 0 Å². The fourth-order valence-corrected chi connectivity index (χ4v) is 1.14. The van der Waals surface area contributed by atoms with Crippen molar-refractivity contribution >= 4 is 6.16 Å². The molecule has 0 amide bonds. The molecule has 0 spiro atoms. The van der Waals surface area contributed by atoms with Gasteiger partial charge in [-0.1, -0.05) is 0 Å². The summed E-state index contributed by atoms with van der Waals surface area (Å²) in [5.74, 6) is 0.455. The largest absolute Gasteiger partial charge is 0.508 e. The van der Waals surface area contributed by atoms with Crippen LogP contribution in [0.1, 0.15) is 13.8 Å². The lowest BCUT2D eigenvalue weighted by atomic mass is 10.1. The van der Waals surface area contributed by atoms with Crippen LogP contribution in [0.2, 0.25) is 0 Å². The topological polar surface area (TPSA) is 56.8 Å². The molecule has 0 aromatic heterocycles. The molecule has 0 saturated carbocycles. The van der Waals surface area contributed by atoms with E-state index in [1.54, 1.807) is 0 Å². The average Bonchev–Trinajstić information content (AvgIpc) is 2.11. The first-order valence-corrected chi connectivity index (χ1v) is 4.45. The summed E-state index contributed by atoms with van der Waals surface area (Å²) in [7, 11) is 0. The van der Waals surface area contributed by atoms with Gasteiger partial charge in [0.15, 0.2) is 5.88 Å². The van der Waals surface area contributed by atoms with Gasteiger partial charge in [-0.25, -0.2) is 4.79 Å². The molecule has 0 aliphatic carbocycles. The Bertz CT molecular complexity index is 229. The number of hydrogen-bond acceptors (Lipinski definition) is 5. The van der Waals surface area contributed by atoms with Crippen LogP contribution in [0.3, 0.4) is 0 Å². The molecule has 0 aromatic carbocycles. The molecule has 0 bridgehead atoms. The summed E-state index contributed by atoms with van der Waals surface area (Å²) in [5, 5.41) is 3.00. The Morgan fingerprint density at radius 1 is 1.64 bits per heavy atom. The van der Waals surface area contributed by atoms with E-state index in [2.05, 4.69) is 11.9 Å². The third kappa shape index (κ3) is 2.83. The highest BCUT2D eigenvalue weighted by molar-refractivity contribution is 5.60. The molecule has 14 heavy (non-hydrogen) atoms. The van der Waals surface area contributed by atoms with E-state index in [1.807, 2.05) is 13.8 Å². The molecule has 5 heteroatoms. The molecule has 1 aliphatic heterocycles. The lowest BCUT2D eigenvalue weighted by molar-refractivity contribution is -0.0328. The van der Waals surface area contributed by atoms with Crippen LogP contribution in [0.4, 0.5) is 4.79 Å². The van der Waals surface area contributed by atoms with Crippen LogP contribution in [0.15, 0.2) is 12.5 Å². The lowest BCUT2D eigenvalue weighted by Gasteiger charge is -2.33. The molecule has 0 radical (unpaired) electrons. The number of nitrogens with one attached hydrogen (secondary N) is 1. The lowest BCUT2D eigenvalue weighted by Crippen LogP contribution is -2.53. The first-order chi connectivity index (χ1) is 6.56. The Kier molecular flexibility index (Phi) is 3.22. The minimum atomic E-state index is -0.633. The van der Waals surface area contributed by atoms with E-state index in [9.17, 15) is 4.79 Å². The molecule has 1 N–H and O–H groups in total. The van der Waals surface area contributed by atoms with Gasteiger partial charge in [-0.05, 0) is 20.4 Å². The Balaban J connectivity index is 2.42. The van der Waals surface area contributed by atoms with E-state index in [0.29, 0.717) is 12.5 Å². The minimum Gasteiger partial charge on any atom is -0.480 e. The predicted molar refractivity (Wildman–Crippen MR) is 49.6 cm³/mol. The Hall–Kier alpha value is -1.39. The fraction of sp³-hybridized carbons (Fsp3) is 0.667. The number of carbonyl (C=O) groups excluding carboxylic acids is 1. The summed E-state index contributed by atoms with van der Waals surface area (Å²) in [6, 6.07) is 0. The van der Waals surface area contributed by atoms with E-state index in [4.69, 9.17) is 14.2 Å². The van der Waals surface area contributed by atoms with Gasteiger partial charge in [0.25, 0.3) is 0 Å². The van der Waals surface area contributed by atoms with Crippen LogP contribution >= 0.6 is 0 Å². The van der Waals surface area contributed by atoms with E-state index in [-0.39, 0.29) is 13.2 Å². The third-order valence-corrected chi connectivity index (χ3v) is 1.78.